The lowest BCUT2D eigenvalue weighted by Crippen LogP contribution is -2.46. The first-order chi connectivity index (χ1) is 21.7. The van der Waals surface area contributed by atoms with Crippen molar-refractivity contribution in [3.8, 4) is 16.9 Å². The summed E-state index contributed by atoms with van der Waals surface area (Å²) in [6.07, 6.45) is 1.78. The van der Waals surface area contributed by atoms with Crippen LogP contribution in [0.4, 0.5) is 5.82 Å². The van der Waals surface area contributed by atoms with Crippen molar-refractivity contribution in [2.45, 2.75) is 65.7 Å². The second-order valence-corrected chi connectivity index (χ2v) is 12.6. The van der Waals surface area contributed by atoms with Gasteiger partial charge in [-0.15, -0.1) is 0 Å². The predicted octanol–water partition coefficient (Wildman–Crippen LogP) is 6.81. The van der Waals surface area contributed by atoms with Crippen molar-refractivity contribution in [2.75, 3.05) is 25.5 Å². The normalized spacial score (nSPS) is 17.4. The van der Waals surface area contributed by atoms with E-state index in [4.69, 9.17) is 14.3 Å². The Labute approximate surface area is 263 Å². The molecule has 7 rings (SSSR count). The molecule has 0 bridgehead atoms. The Morgan fingerprint density at radius 2 is 1.78 bits per heavy atom. The number of rotatable bonds is 6. The molecular weight excluding hydrogens is 564 g/mol. The van der Waals surface area contributed by atoms with Gasteiger partial charge in [-0.3, -0.25) is 9.79 Å². The maximum Gasteiger partial charge on any atom is 0.252 e. The number of aryl methyl sites for hydroxylation is 2. The number of nitrogens with zero attached hydrogens (tertiary/aromatic N) is 3. The molecule has 3 N–H and O–H groups in total. The lowest BCUT2D eigenvalue weighted by atomic mass is 9.91. The van der Waals surface area contributed by atoms with Crippen LogP contribution in [0.5, 0.6) is 5.75 Å². The third kappa shape index (κ3) is 5.05. The number of ether oxygens (including phenoxy) is 1. The molecule has 1 fully saturated rings. The Balaban J connectivity index is 1.29. The van der Waals surface area contributed by atoms with E-state index in [-0.39, 0.29) is 18.1 Å². The molecule has 0 aliphatic carbocycles. The van der Waals surface area contributed by atoms with Gasteiger partial charge in [-0.05, 0) is 76.4 Å². The van der Waals surface area contributed by atoms with E-state index < -0.39 is 0 Å². The highest BCUT2D eigenvalue weighted by atomic mass is 16.5. The minimum absolute atomic E-state index is 0.0225. The third-order valence-electron chi connectivity index (χ3n) is 9.35. The first-order valence-corrected chi connectivity index (χ1v) is 15.8. The second kappa shape index (κ2) is 11.4. The molecular formula is C36H40N6O3. The van der Waals surface area contributed by atoms with Crippen molar-refractivity contribution >= 4 is 39.1 Å². The van der Waals surface area contributed by atoms with E-state index in [0.29, 0.717) is 11.6 Å². The zero-order valence-electron chi connectivity index (χ0n) is 26.7. The van der Waals surface area contributed by atoms with Crippen LogP contribution in [-0.4, -0.2) is 65.1 Å². The third-order valence-corrected chi connectivity index (χ3v) is 9.35. The van der Waals surface area contributed by atoms with Gasteiger partial charge in [0, 0.05) is 52.8 Å². The largest absolute Gasteiger partial charge is 0.496 e. The van der Waals surface area contributed by atoms with Crippen molar-refractivity contribution in [3.05, 3.63) is 76.7 Å². The molecule has 0 saturated carbocycles. The number of nitrogens with one attached hydrogen (secondary N) is 3. The summed E-state index contributed by atoms with van der Waals surface area (Å²) < 4.78 is 11.4. The molecule has 2 aromatic heterocycles. The number of amides is 1. The van der Waals surface area contributed by atoms with Gasteiger partial charge in [0.1, 0.15) is 23.5 Å². The van der Waals surface area contributed by atoms with Crippen LogP contribution < -0.4 is 15.4 Å². The Hall–Kier alpha value is -4.63. The van der Waals surface area contributed by atoms with E-state index >= 15 is 0 Å². The number of hydrogen-bond donors (Lipinski definition) is 3. The SMILES string of the molecule is COc1cc2c3c([nH]c2cc1-c1c(C)noc1C)NC(C)N=C3c1ccc(C(=O)NC2CCN(C(C)C)CC2)c2ccccc12. The van der Waals surface area contributed by atoms with Crippen molar-refractivity contribution in [2.24, 2.45) is 4.99 Å². The summed E-state index contributed by atoms with van der Waals surface area (Å²) in [4.78, 5) is 24.9. The lowest BCUT2D eigenvalue weighted by molar-refractivity contribution is 0.0902. The van der Waals surface area contributed by atoms with Crippen LogP contribution in [0.15, 0.2) is 58.0 Å². The maximum absolute atomic E-state index is 13.7. The minimum atomic E-state index is -0.150. The maximum atomic E-state index is 13.7. The quantitative estimate of drug-likeness (QED) is 0.197. The summed E-state index contributed by atoms with van der Waals surface area (Å²) in [7, 11) is 1.68. The zero-order chi connectivity index (χ0) is 31.4. The summed E-state index contributed by atoms with van der Waals surface area (Å²) in [6.45, 7) is 12.4. The van der Waals surface area contributed by atoms with E-state index in [2.05, 4.69) is 57.7 Å². The Kier molecular flexibility index (Phi) is 7.36. The van der Waals surface area contributed by atoms with Crippen molar-refractivity contribution in [1.29, 1.82) is 0 Å². The smallest absolute Gasteiger partial charge is 0.252 e. The Morgan fingerprint density at radius 1 is 1.02 bits per heavy atom. The van der Waals surface area contributed by atoms with Gasteiger partial charge < -0.3 is 29.8 Å². The summed E-state index contributed by atoms with van der Waals surface area (Å²) in [6, 6.07) is 17.0. The molecule has 45 heavy (non-hydrogen) atoms. The number of benzene rings is 3. The number of H-pyrrole nitrogens is 1. The molecule has 232 valence electrons. The highest BCUT2D eigenvalue weighted by Crippen LogP contribution is 2.42. The van der Waals surface area contributed by atoms with Crippen LogP contribution in [0, 0.1) is 13.8 Å². The molecule has 2 aliphatic heterocycles. The number of likely N-dealkylation sites (tertiary alicyclic amines) is 1. The molecule has 2 aliphatic rings. The number of carbonyl (C=O) groups is 1. The van der Waals surface area contributed by atoms with Gasteiger partial charge in [-0.1, -0.05) is 35.5 Å². The highest BCUT2D eigenvalue weighted by Gasteiger charge is 2.29. The predicted molar refractivity (Wildman–Crippen MR) is 180 cm³/mol. The number of aromatic amines is 1. The van der Waals surface area contributed by atoms with E-state index in [0.717, 1.165) is 98.6 Å². The molecule has 4 heterocycles. The monoisotopic (exact) mass is 604 g/mol. The van der Waals surface area contributed by atoms with Gasteiger partial charge in [0.15, 0.2) is 0 Å². The van der Waals surface area contributed by atoms with Gasteiger partial charge in [-0.2, -0.15) is 0 Å². The fraction of sp³-hybridized carbons (Fsp3) is 0.361. The van der Waals surface area contributed by atoms with Crippen molar-refractivity contribution in [1.82, 2.24) is 20.4 Å². The van der Waals surface area contributed by atoms with E-state index in [1.54, 1.807) is 7.11 Å². The Bertz CT molecular complexity index is 1940. The molecule has 1 amide bonds. The molecule has 0 spiro atoms. The zero-order valence-corrected chi connectivity index (χ0v) is 26.7. The van der Waals surface area contributed by atoms with Crippen LogP contribution in [0.25, 0.3) is 32.8 Å². The number of aliphatic imine (C=N–C) groups is 1. The topological polar surface area (TPSA) is 108 Å². The van der Waals surface area contributed by atoms with Crippen LogP contribution in [-0.2, 0) is 0 Å². The number of methoxy groups -OCH3 is 1. The van der Waals surface area contributed by atoms with Gasteiger partial charge in [-0.25, -0.2) is 0 Å². The second-order valence-electron chi connectivity index (χ2n) is 12.6. The van der Waals surface area contributed by atoms with E-state index in [1.165, 1.54) is 0 Å². The van der Waals surface area contributed by atoms with Crippen molar-refractivity contribution in [3.63, 3.8) is 0 Å². The average molecular weight is 605 g/mol. The molecule has 0 radical (unpaired) electrons. The number of hydrogen-bond acceptors (Lipinski definition) is 7. The van der Waals surface area contributed by atoms with Gasteiger partial charge in [0.05, 0.1) is 29.6 Å². The lowest BCUT2D eigenvalue weighted by Gasteiger charge is -2.34. The fourth-order valence-electron chi connectivity index (χ4n) is 7.04. The standard InChI is InChI=1S/C36H40N6O3/c1-19(2)42-15-13-23(14-16-42)39-36(43)27-12-11-26(24-9-7-8-10-25(24)27)34-33-28-18-31(44-6)29(32-20(3)41-45-21(32)4)17-30(28)40-35(33)38-22(5)37-34/h7-12,17-19,22-23,38,40H,13-16H2,1-6H3,(H,39,43). The number of piperidine rings is 1. The molecule has 3 aromatic carbocycles. The molecule has 9 nitrogen and oxygen atoms in total. The summed E-state index contributed by atoms with van der Waals surface area (Å²) in [5.41, 5.74) is 7.14. The van der Waals surface area contributed by atoms with Crippen LogP contribution in [0.1, 0.15) is 66.6 Å². The minimum Gasteiger partial charge on any atom is -0.496 e. The van der Waals surface area contributed by atoms with Crippen molar-refractivity contribution < 1.29 is 14.1 Å². The molecule has 5 aromatic rings. The van der Waals surface area contributed by atoms with Crippen LogP contribution in [0.3, 0.4) is 0 Å². The first-order valence-electron chi connectivity index (χ1n) is 15.8. The average Bonchev–Trinajstić information content (AvgIpc) is 3.56. The highest BCUT2D eigenvalue weighted by molar-refractivity contribution is 6.28. The summed E-state index contributed by atoms with van der Waals surface area (Å²) in [5.74, 6) is 2.35. The van der Waals surface area contributed by atoms with Gasteiger partial charge in [0.2, 0.25) is 0 Å². The van der Waals surface area contributed by atoms with Gasteiger partial charge in [0.25, 0.3) is 5.91 Å². The summed E-state index contributed by atoms with van der Waals surface area (Å²) in [5, 5.41) is 13.9. The van der Waals surface area contributed by atoms with Crippen LogP contribution >= 0.6 is 0 Å². The molecule has 1 unspecified atom stereocenters. The van der Waals surface area contributed by atoms with E-state index in [1.807, 2.05) is 51.1 Å². The first kappa shape index (κ1) is 29.1. The molecule has 1 atom stereocenters. The molecule has 1 saturated heterocycles. The molecule has 9 heteroatoms. The fourth-order valence-corrected chi connectivity index (χ4v) is 7.04. The number of carbonyl (C=O) groups excluding carboxylic acids is 1. The number of fused-ring (bicyclic) bond motifs is 4. The summed E-state index contributed by atoms with van der Waals surface area (Å²) >= 11 is 0. The van der Waals surface area contributed by atoms with Crippen LogP contribution in [0.2, 0.25) is 0 Å². The van der Waals surface area contributed by atoms with E-state index in [9.17, 15) is 4.79 Å². The Morgan fingerprint density at radius 3 is 2.47 bits per heavy atom. The number of anilines is 1. The number of aromatic nitrogens is 2. The van der Waals surface area contributed by atoms with Gasteiger partial charge >= 0.3 is 0 Å².